The number of amides is 1. The molecular formula is C16H18N2O5S. The van der Waals surface area contributed by atoms with Crippen LogP contribution >= 0.6 is 0 Å². The molecule has 128 valence electrons. The molecule has 0 aliphatic rings. The van der Waals surface area contributed by atoms with E-state index in [1.807, 2.05) is 6.07 Å². The van der Waals surface area contributed by atoms with Crippen LogP contribution in [-0.4, -0.2) is 39.2 Å². The van der Waals surface area contributed by atoms with E-state index in [1.54, 1.807) is 24.3 Å². The summed E-state index contributed by atoms with van der Waals surface area (Å²) in [5, 5.41) is 11.3. The number of sulfonamides is 1. The van der Waals surface area contributed by atoms with Crippen LogP contribution in [0, 0.1) is 0 Å². The average molecular weight is 350 g/mol. The van der Waals surface area contributed by atoms with Crippen LogP contribution in [0.15, 0.2) is 59.5 Å². The van der Waals surface area contributed by atoms with Crippen molar-refractivity contribution in [3.8, 4) is 5.75 Å². The molecule has 0 aromatic heterocycles. The number of rotatable bonds is 8. The van der Waals surface area contributed by atoms with Gasteiger partial charge in [0.25, 0.3) is 5.91 Å². The first-order chi connectivity index (χ1) is 11.5. The highest BCUT2D eigenvalue weighted by Crippen LogP contribution is 2.14. The number of aliphatic hydroxyl groups is 1. The van der Waals surface area contributed by atoms with Gasteiger partial charge in [-0.15, -0.1) is 0 Å². The number of ether oxygens (including phenoxy) is 1. The summed E-state index contributed by atoms with van der Waals surface area (Å²) in [4.78, 5) is 11.9. The van der Waals surface area contributed by atoms with Gasteiger partial charge in [-0.1, -0.05) is 18.2 Å². The molecule has 24 heavy (non-hydrogen) atoms. The van der Waals surface area contributed by atoms with E-state index in [-0.39, 0.29) is 30.6 Å². The summed E-state index contributed by atoms with van der Waals surface area (Å²) < 4.78 is 31.3. The van der Waals surface area contributed by atoms with Gasteiger partial charge in [0.15, 0.2) is 6.61 Å². The fraction of sp³-hybridized carbons (Fsp3) is 0.188. The van der Waals surface area contributed by atoms with Crippen LogP contribution < -0.4 is 14.8 Å². The zero-order valence-electron chi connectivity index (χ0n) is 12.8. The largest absolute Gasteiger partial charge is 0.484 e. The molecule has 0 fully saturated rings. The van der Waals surface area contributed by atoms with Gasteiger partial charge in [0.1, 0.15) is 5.75 Å². The molecule has 0 heterocycles. The lowest BCUT2D eigenvalue weighted by molar-refractivity contribution is -0.118. The van der Waals surface area contributed by atoms with Crippen LogP contribution in [0.5, 0.6) is 5.75 Å². The Hall–Kier alpha value is -2.42. The monoisotopic (exact) mass is 350 g/mol. The van der Waals surface area contributed by atoms with Crippen molar-refractivity contribution in [2.45, 2.75) is 4.90 Å². The van der Waals surface area contributed by atoms with Crippen LogP contribution in [0.3, 0.4) is 0 Å². The predicted molar refractivity (Wildman–Crippen MR) is 89.3 cm³/mol. The lowest BCUT2D eigenvalue weighted by Crippen LogP contribution is -2.26. The fourth-order valence-electron chi connectivity index (χ4n) is 1.84. The fourth-order valence-corrected chi connectivity index (χ4v) is 2.86. The summed E-state index contributed by atoms with van der Waals surface area (Å²) in [6.45, 7) is -0.492. The van der Waals surface area contributed by atoms with Crippen LogP contribution in [0.4, 0.5) is 5.69 Å². The maximum Gasteiger partial charge on any atom is 0.262 e. The Bertz CT molecular complexity index is 761. The molecule has 2 aromatic carbocycles. The number of aliphatic hydroxyl groups excluding tert-OH is 1. The number of nitrogens with one attached hydrogen (secondary N) is 2. The highest BCUT2D eigenvalue weighted by molar-refractivity contribution is 7.89. The number of hydrogen-bond donors (Lipinski definition) is 3. The Morgan fingerprint density at radius 2 is 1.71 bits per heavy atom. The molecule has 0 aliphatic carbocycles. The third-order valence-corrected chi connectivity index (χ3v) is 4.44. The molecule has 0 saturated heterocycles. The standard InChI is InChI=1S/C16H18N2O5S/c19-11-10-17-24(21,22)15-8-6-13(7-9-15)18-16(20)12-23-14-4-2-1-3-5-14/h1-9,17,19H,10-12H2,(H,18,20). The lowest BCUT2D eigenvalue weighted by Gasteiger charge is -2.09. The second kappa shape index (κ2) is 8.44. The molecule has 0 atom stereocenters. The Morgan fingerprint density at radius 3 is 2.33 bits per heavy atom. The molecule has 2 rings (SSSR count). The SMILES string of the molecule is O=C(COc1ccccc1)Nc1ccc(S(=O)(=O)NCCO)cc1. The number of benzene rings is 2. The minimum atomic E-state index is -3.66. The summed E-state index contributed by atoms with van der Waals surface area (Å²) in [6, 6.07) is 14.6. The third-order valence-electron chi connectivity index (χ3n) is 2.97. The van der Waals surface area contributed by atoms with E-state index in [0.717, 1.165) is 0 Å². The lowest BCUT2D eigenvalue weighted by atomic mass is 10.3. The molecule has 1 amide bonds. The van der Waals surface area contributed by atoms with Gasteiger partial charge < -0.3 is 15.2 Å². The van der Waals surface area contributed by atoms with Crippen molar-refractivity contribution in [2.24, 2.45) is 0 Å². The van der Waals surface area contributed by atoms with Gasteiger partial charge in [0.05, 0.1) is 11.5 Å². The van der Waals surface area contributed by atoms with Gasteiger partial charge in [-0.25, -0.2) is 13.1 Å². The van der Waals surface area contributed by atoms with Gasteiger partial charge >= 0.3 is 0 Å². The van der Waals surface area contributed by atoms with Gasteiger partial charge in [-0.2, -0.15) is 0 Å². The maximum absolute atomic E-state index is 11.9. The van der Waals surface area contributed by atoms with E-state index >= 15 is 0 Å². The van der Waals surface area contributed by atoms with Gasteiger partial charge in [0, 0.05) is 12.2 Å². The third kappa shape index (κ3) is 5.34. The average Bonchev–Trinajstić information content (AvgIpc) is 2.60. The zero-order chi connectivity index (χ0) is 17.4. The van der Waals surface area contributed by atoms with Crippen LogP contribution in [0.1, 0.15) is 0 Å². The van der Waals surface area contributed by atoms with E-state index < -0.39 is 10.0 Å². The molecule has 7 nitrogen and oxygen atoms in total. The quantitative estimate of drug-likeness (QED) is 0.658. The van der Waals surface area contributed by atoms with Crippen molar-refractivity contribution in [1.82, 2.24) is 4.72 Å². The Balaban J connectivity index is 1.90. The predicted octanol–water partition coefficient (Wildman–Crippen LogP) is 0.975. The van der Waals surface area contributed by atoms with E-state index in [0.29, 0.717) is 11.4 Å². The number of hydrogen-bond acceptors (Lipinski definition) is 5. The van der Waals surface area contributed by atoms with Crippen molar-refractivity contribution in [3.05, 3.63) is 54.6 Å². The topological polar surface area (TPSA) is 105 Å². The van der Waals surface area contributed by atoms with Crippen molar-refractivity contribution in [1.29, 1.82) is 0 Å². The molecule has 0 aliphatic heterocycles. The molecule has 0 bridgehead atoms. The van der Waals surface area contributed by atoms with E-state index in [1.165, 1.54) is 24.3 Å². The second-order valence-corrected chi connectivity index (χ2v) is 6.56. The minimum Gasteiger partial charge on any atom is -0.484 e. The summed E-state index contributed by atoms with van der Waals surface area (Å²) in [6.07, 6.45) is 0. The summed E-state index contributed by atoms with van der Waals surface area (Å²) in [5.41, 5.74) is 0.456. The Morgan fingerprint density at radius 1 is 1.04 bits per heavy atom. The normalized spacial score (nSPS) is 11.0. The maximum atomic E-state index is 11.9. The molecule has 0 unspecified atom stereocenters. The Labute approximate surface area is 140 Å². The van der Waals surface area contributed by atoms with Crippen molar-refractivity contribution in [2.75, 3.05) is 25.1 Å². The van der Waals surface area contributed by atoms with E-state index in [2.05, 4.69) is 10.0 Å². The molecule has 3 N–H and O–H groups in total. The first kappa shape index (κ1) is 17.9. The van der Waals surface area contributed by atoms with Crippen LogP contribution in [0.2, 0.25) is 0 Å². The number of anilines is 1. The molecule has 8 heteroatoms. The summed E-state index contributed by atoms with van der Waals surface area (Å²) in [5.74, 6) is 0.233. The molecule has 2 aromatic rings. The van der Waals surface area contributed by atoms with Crippen molar-refractivity contribution >= 4 is 21.6 Å². The van der Waals surface area contributed by atoms with Crippen LogP contribution in [0.25, 0.3) is 0 Å². The van der Waals surface area contributed by atoms with Crippen molar-refractivity contribution in [3.63, 3.8) is 0 Å². The Kier molecular flexibility index (Phi) is 6.30. The summed E-state index contributed by atoms with van der Waals surface area (Å²) in [7, 11) is -3.66. The second-order valence-electron chi connectivity index (χ2n) is 4.80. The number of carbonyl (C=O) groups is 1. The van der Waals surface area contributed by atoms with Gasteiger partial charge in [0.2, 0.25) is 10.0 Å². The molecule has 0 radical (unpaired) electrons. The summed E-state index contributed by atoms with van der Waals surface area (Å²) >= 11 is 0. The van der Waals surface area contributed by atoms with Crippen molar-refractivity contribution < 1.29 is 23.1 Å². The number of para-hydroxylation sites is 1. The molecule has 0 saturated carbocycles. The minimum absolute atomic E-state index is 0.0504. The van der Waals surface area contributed by atoms with E-state index in [9.17, 15) is 13.2 Å². The molecular weight excluding hydrogens is 332 g/mol. The molecule has 0 spiro atoms. The zero-order valence-corrected chi connectivity index (χ0v) is 13.6. The highest BCUT2D eigenvalue weighted by atomic mass is 32.2. The van der Waals surface area contributed by atoms with Crippen LogP contribution in [-0.2, 0) is 14.8 Å². The smallest absolute Gasteiger partial charge is 0.262 e. The van der Waals surface area contributed by atoms with E-state index in [4.69, 9.17) is 9.84 Å². The first-order valence-electron chi connectivity index (χ1n) is 7.19. The van der Waals surface area contributed by atoms with Gasteiger partial charge in [-0.05, 0) is 36.4 Å². The highest BCUT2D eigenvalue weighted by Gasteiger charge is 2.13. The first-order valence-corrected chi connectivity index (χ1v) is 8.68. The van der Waals surface area contributed by atoms with Gasteiger partial charge in [-0.3, -0.25) is 4.79 Å². The number of carbonyl (C=O) groups excluding carboxylic acids is 1.